The smallest absolute Gasteiger partial charge is 0.309 e. The lowest BCUT2D eigenvalue weighted by Gasteiger charge is -2.13. The second-order valence-electron chi connectivity index (χ2n) is 6.71. The first kappa shape index (κ1) is 22.0. The Morgan fingerprint density at radius 2 is 1.14 bits per heavy atom. The van der Waals surface area contributed by atoms with Crippen LogP contribution in [0.4, 0.5) is 26.3 Å². The lowest BCUT2D eigenvalue weighted by atomic mass is 9.94. The molecule has 0 amide bonds. The largest absolute Gasteiger partial charge is 0.416 e. The van der Waals surface area contributed by atoms with Gasteiger partial charge in [-0.05, 0) is 74.4 Å². The fourth-order valence-corrected chi connectivity index (χ4v) is 2.73. The minimum absolute atomic E-state index is 0.526. The number of hydrogen-bond donors (Lipinski definition) is 0. The SMILES string of the molecule is CN(C)CCCC=C(c1ccc(C(F)(F)F)cc1)c1ccc(C(F)(F)F)cc1. The minimum atomic E-state index is -4.44. The van der Waals surface area contributed by atoms with Gasteiger partial charge in [0.2, 0.25) is 0 Å². The maximum absolute atomic E-state index is 12.8. The monoisotopic (exact) mass is 401 g/mol. The van der Waals surface area contributed by atoms with E-state index < -0.39 is 23.5 Å². The molecule has 2 aromatic rings. The van der Waals surface area contributed by atoms with Crippen molar-refractivity contribution in [3.63, 3.8) is 0 Å². The number of halogens is 6. The molecule has 1 nitrogen and oxygen atoms in total. The zero-order valence-electron chi connectivity index (χ0n) is 15.5. The van der Waals surface area contributed by atoms with E-state index in [9.17, 15) is 26.3 Å². The number of alkyl halides is 6. The molecule has 0 radical (unpaired) electrons. The molecule has 28 heavy (non-hydrogen) atoms. The molecule has 0 heterocycles. The highest BCUT2D eigenvalue weighted by Crippen LogP contribution is 2.33. The van der Waals surface area contributed by atoms with Crippen LogP contribution in [0.5, 0.6) is 0 Å². The van der Waals surface area contributed by atoms with Crippen molar-refractivity contribution in [2.24, 2.45) is 0 Å². The molecule has 0 spiro atoms. The van der Waals surface area contributed by atoms with Crippen LogP contribution in [0.1, 0.15) is 35.1 Å². The standard InChI is InChI=1S/C21H21F6N/c1-28(2)14-4-3-5-19(15-6-10-17(11-7-15)20(22,23)24)16-8-12-18(13-9-16)21(25,26)27/h5-13H,3-4,14H2,1-2H3. The van der Waals surface area contributed by atoms with Gasteiger partial charge in [0.15, 0.2) is 0 Å². The van der Waals surface area contributed by atoms with E-state index >= 15 is 0 Å². The number of unbranched alkanes of at least 4 members (excludes halogenated alkanes) is 1. The molecule has 0 bridgehead atoms. The molecular weight excluding hydrogens is 380 g/mol. The van der Waals surface area contributed by atoms with Crippen molar-refractivity contribution in [1.29, 1.82) is 0 Å². The van der Waals surface area contributed by atoms with Crippen molar-refractivity contribution in [3.8, 4) is 0 Å². The Labute approximate surface area is 160 Å². The molecule has 0 fully saturated rings. The van der Waals surface area contributed by atoms with Gasteiger partial charge in [-0.2, -0.15) is 26.3 Å². The predicted molar refractivity (Wildman–Crippen MR) is 97.8 cm³/mol. The summed E-state index contributed by atoms with van der Waals surface area (Å²) in [5.41, 5.74) is 0.127. The Kier molecular flexibility index (Phi) is 6.93. The number of hydrogen-bond acceptors (Lipinski definition) is 1. The second kappa shape index (κ2) is 8.82. The van der Waals surface area contributed by atoms with Gasteiger partial charge < -0.3 is 4.90 Å². The molecule has 7 heteroatoms. The van der Waals surface area contributed by atoms with Gasteiger partial charge in [-0.1, -0.05) is 30.3 Å². The van der Waals surface area contributed by atoms with Crippen LogP contribution in [0.25, 0.3) is 5.57 Å². The third kappa shape index (κ3) is 6.12. The topological polar surface area (TPSA) is 3.24 Å². The first-order chi connectivity index (χ1) is 13.0. The van der Waals surface area contributed by atoms with E-state index in [-0.39, 0.29) is 0 Å². The average molecular weight is 401 g/mol. The van der Waals surface area contributed by atoms with Gasteiger partial charge in [0.25, 0.3) is 0 Å². The Morgan fingerprint density at radius 3 is 1.46 bits per heavy atom. The van der Waals surface area contributed by atoms with Crippen LogP contribution in [0.2, 0.25) is 0 Å². The third-order valence-electron chi connectivity index (χ3n) is 4.20. The molecule has 152 valence electrons. The van der Waals surface area contributed by atoms with Gasteiger partial charge in [-0.3, -0.25) is 0 Å². The number of benzene rings is 2. The van der Waals surface area contributed by atoms with E-state index in [1.165, 1.54) is 24.3 Å². The molecule has 0 atom stereocenters. The summed E-state index contributed by atoms with van der Waals surface area (Å²) in [7, 11) is 3.85. The van der Waals surface area contributed by atoms with Gasteiger partial charge >= 0.3 is 12.4 Å². The molecule has 2 rings (SSSR count). The highest BCUT2D eigenvalue weighted by Gasteiger charge is 2.31. The second-order valence-corrected chi connectivity index (χ2v) is 6.71. The highest BCUT2D eigenvalue weighted by molar-refractivity contribution is 5.80. The number of rotatable bonds is 6. The molecule has 0 saturated heterocycles. The molecule has 0 aliphatic rings. The molecule has 2 aromatic carbocycles. The van der Waals surface area contributed by atoms with E-state index in [2.05, 4.69) is 0 Å². The molecule has 0 aromatic heterocycles. The van der Waals surface area contributed by atoms with Crippen molar-refractivity contribution >= 4 is 5.57 Å². The molecule has 0 aliphatic carbocycles. The van der Waals surface area contributed by atoms with E-state index in [1.54, 1.807) is 0 Å². The van der Waals surface area contributed by atoms with Crippen molar-refractivity contribution < 1.29 is 26.3 Å². The van der Waals surface area contributed by atoms with E-state index in [0.29, 0.717) is 23.1 Å². The Hall–Kier alpha value is -2.28. The van der Waals surface area contributed by atoms with Gasteiger partial charge in [0.05, 0.1) is 11.1 Å². The molecule has 0 N–H and O–H groups in total. The Bertz CT molecular complexity index is 724. The first-order valence-electron chi connectivity index (χ1n) is 8.68. The maximum atomic E-state index is 12.8. The van der Waals surface area contributed by atoms with Crippen LogP contribution < -0.4 is 0 Å². The maximum Gasteiger partial charge on any atom is 0.416 e. The first-order valence-corrected chi connectivity index (χ1v) is 8.68. The Balaban J connectivity index is 2.35. The summed E-state index contributed by atoms with van der Waals surface area (Å²) in [6.07, 6.45) is -5.56. The van der Waals surface area contributed by atoms with Crippen LogP contribution in [0, 0.1) is 0 Å². The normalized spacial score (nSPS) is 12.3. The van der Waals surface area contributed by atoms with Crippen LogP contribution >= 0.6 is 0 Å². The molecule has 0 aliphatic heterocycles. The quantitative estimate of drug-likeness (QED) is 0.395. The van der Waals surface area contributed by atoms with Crippen molar-refractivity contribution in [2.45, 2.75) is 25.2 Å². The summed E-state index contributed by atoms with van der Waals surface area (Å²) in [4.78, 5) is 2.00. The number of nitrogens with zero attached hydrogens (tertiary/aromatic N) is 1. The van der Waals surface area contributed by atoms with Crippen molar-refractivity contribution in [3.05, 3.63) is 76.9 Å². The van der Waals surface area contributed by atoms with Crippen LogP contribution in [-0.4, -0.2) is 25.5 Å². The summed E-state index contributed by atoms with van der Waals surface area (Å²) >= 11 is 0. The van der Waals surface area contributed by atoms with E-state index in [1.807, 2.05) is 25.1 Å². The molecular formula is C21H21F6N. The minimum Gasteiger partial charge on any atom is -0.309 e. The lowest BCUT2D eigenvalue weighted by Crippen LogP contribution is -2.12. The van der Waals surface area contributed by atoms with Crippen molar-refractivity contribution in [1.82, 2.24) is 4.90 Å². The fraction of sp³-hybridized carbons (Fsp3) is 0.333. The average Bonchev–Trinajstić information content (AvgIpc) is 2.60. The summed E-state index contributed by atoms with van der Waals surface area (Å²) < 4.78 is 76.8. The predicted octanol–water partition coefficient (Wildman–Crippen LogP) is 6.50. The van der Waals surface area contributed by atoms with Gasteiger partial charge in [0, 0.05) is 0 Å². The van der Waals surface area contributed by atoms with E-state index in [0.717, 1.165) is 37.2 Å². The Morgan fingerprint density at radius 1 is 0.750 bits per heavy atom. The van der Waals surface area contributed by atoms with Crippen LogP contribution in [0.15, 0.2) is 54.6 Å². The zero-order valence-corrected chi connectivity index (χ0v) is 15.5. The van der Waals surface area contributed by atoms with Gasteiger partial charge in [-0.15, -0.1) is 0 Å². The molecule has 0 saturated carbocycles. The summed E-state index contributed by atoms with van der Waals surface area (Å²) in [6, 6.07) is 9.30. The van der Waals surface area contributed by atoms with Gasteiger partial charge in [0.1, 0.15) is 0 Å². The van der Waals surface area contributed by atoms with Crippen LogP contribution in [-0.2, 0) is 12.4 Å². The fourth-order valence-electron chi connectivity index (χ4n) is 2.73. The highest BCUT2D eigenvalue weighted by atomic mass is 19.4. The summed E-state index contributed by atoms with van der Waals surface area (Å²) in [6.45, 7) is 0.823. The van der Waals surface area contributed by atoms with Gasteiger partial charge in [-0.25, -0.2) is 0 Å². The third-order valence-corrected chi connectivity index (χ3v) is 4.20. The summed E-state index contributed by atoms with van der Waals surface area (Å²) in [5, 5.41) is 0. The van der Waals surface area contributed by atoms with Crippen LogP contribution in [0.3, 0.4) is 0 Å². The zero-order chi connectivity index (χ0) is 20.9. The van der Waals surface area contributed by atoms with E-state index in [4.69, 9.17) is 0 Å². The molecule has 0 unspecified atom stereocenters. The number of allylic oxidation sites excluding steroid dienone is 1. The lowest BCUT2D eigenvalue weighted by molar-refractivity contribution is -0.138. The summed E-state index contributed by atoms with van der Waals surface area (Å²) in [5.74, 6) is 0. The van der Waals surface area contributed by atoms with Crippen molar-refractivity contribution in [2.75, 3.05) is 20.6 Å².